The molecule has 0 radical (unpaired) electrons. The molecule has 4 aromatic rings. The summed E-state index contributed by atoms with van der Waals surface area (Å²) in [6.45, 7) is 3.92. The van der Waals surface area contributed by atoms with E-state index < -0.39 is 32.2 Å². The molecule has 0 spiro atoms. The van der Waals surface area contributed by atoms with Gasteiger partial charge < -0.3 is 5.11 Å². The molecule has 37 heavy (non-hydrogen) atoms. The van der Waals surface area contributed by atoms with Crippen LogP contribution in [0.3, 0.4) is 0 Å². The van der Waals surface area contributed by atoms with E-state index in [4.69, 9.17) is 0 Å². The number of hydrogen-bond acceptors (Lipinski definition) is 6. The maximum absolute atomic E-state index is 13.8. The van der Waals surface area contributed by atoms with E-state index >= 15 is 0 Å². The molecule has 192 valence electrons. The Kier molecular flexibility index (Phi) is 7.73. The van der Waals surface area contributed by atoms with E-state index in [1.54, 1.807) is 18.3 Å². The standard InChI is InChI=1S/C28H29N3O5S/c1-3-5-13-24-29-27(33)26(28(34)31(24)23(4-2)20-11-7-6-8-12-20)37(35,36)22-17-15-21(16-18-22)30-19-10-9-14-25(30)32/h6-12,14-19,23,33H,3-5,13H2,1-2H3. The van der Waals surface area contributed by atoms with Gasteiger partial charge in [-0.05, 0) is 48.7 Å². The van der Waals surface area contributed by atoms with Crippen LogP contribution in [0.5, 0.6) is 5.88 Å². The molecule has 1 unspecified atom stereocenters. The second-order valence-corrected chi connectivity index (χ2v) is 10.6. The van der Waals surface area contributed by atoms with Crippen molar-refractivity contribution in [3.63, 3.8) is 0 Å². The molecule has 0 bridgehead atoms. The second kappa shape index (κ2) is 11.0. The van der Waals surface area contributed by atoms with Gasteiger partial charge in [-0.1, -0.05) is 56.7 Å². The highest BCUT2D eigenvalue weighted by Crippen LogP contribution is 2.29. The summed E-state index contributed by atoms with van der Waals surface area (Å²) in [5, 5.41) is 10.7. The van der Waals surface area contributed by atoms with Crippen molar-refractivity contribution in [2.24, 2.45) is 0 Å². The summed E-state index contributed by atoms with van der Waals surface area (Å²) in [5.74, 6) is -0.462. The Morgan fingerprint density at radius 1 is 0.919 bits per heavy atom. The Labute approximate surface area is 215 Å². The fourth-order valence-electron chi connectivity index (χ4n) is 4.40. The molecule has 0 aliphatic rings. The molecule has 0 saturated heterocycles. The number of rotatable bonds is 9. The summed E-state index contributed by atoms with van der Waals surface area (Å²) in [4.78, 5) is 29.2. The number of hydrogen-bond donors (Lipinski definition) is 1. The first kappa shape index (κ1) is 26.1. The highest BCUT2D eigenvalue weighted by Gasteiger charge is 2.31. The van der Waals surface area contributed by atoms with Crippen LogP contribution in [-0.2, 0) is 16.3 Å². The van der Waals surface area contributed by atoms with Gasteiger partial charge in [-0.3, -0.25) is 18.7 Å². The average molecular weight is 520 g/mol. The van der Waals surface area contributed by atoms with Crippen LogP contribution in [0.2, 0.25) is 0 Å². The van der Waals surface area contributed by atoms with Gasteiger partial charge >= 0.3 is 0 Å². The molecule has 8 nitrogen and oxygen atoms in total. The minimum Gasteiger partial charge on any atom is -0.492 e. The molecule has 0 aliphatic carbocycles. The molecular weight excluding hydrogens is 490 g/mol. The quantitative estimate of drug-likeness (QED) is 0.353. The maximum atomic E-state index is 13.8. The maximum Gasteiger partial charge on any atom is 0.277 e. The van der Waals surface area contributed by atoms with Crippen molar-refractivity contribution in [2.75, 3.05) is 0 Å². The topological polar surface area (TPSA) is 111 Å². The predicted molar refractivity (Wildman–Crippen MR) is 141 cm³/mol. The van der Waals surface area contributed by atoms with Crippen LogP contribution >= 0.6 is 0 Å². The Bertz CT molecular complexity index is 1610. The Hall–Kier alpha value is -3.98. The van der Waals surface area contributed by atoms with Gasteiger partial charge in [0.1, 0.15) is 5.82 Å². The molecule has 1 atom stereocenters. The van der Waals surface area contributed by atoms with Crippen molar-refractivity contribution in [3.8, 4) is 11.6 Å². The van der Waals surface area contributed by atoms with Gasteiger partial charge in [-0.25, -0.2) is 8.42 Å². The fraction of sp³-hybridized carbons (Fsp3) is 0.250. The zero-order valence-electron chi connectivity index (χ0n) is 20.7. The number of pyridine rings is 1. The predicted octanol–water partition coefficient (Wildman–Crippen LogP) is 4.27. The van der Waals surface area contributed by atoms with E-state index in [9.17, 15) is 23.1 Å². The molecule has 0 saturated carbocycles. The second-order valence-electron chi connectivity index (χ2n) is 8.70. The lowest BCUT2D eigenvalue weighted by Gasteiger charge is -2.23. The normalized spacial score (nSPS) is 12.4. The number of nitrogens with zero attached hydrogens (tertiary/aromatic N) is 3. The summed E-state index contributed by atoms with van der Waals surface area (Å²) in [7, 11) is -4.43. The lowest BCUT2D eigenvalue weighted by atomic mass is 10.0. The van der Waals surface area contributed by atoms with Crippen molar-refractivity contribution >= 4 is 9.84 Å². The van der Waals surface area contributed by atoms with Crippen LogP contribution in [0.4, 0.5) is 0 Å². The van der Waals surface area contributed by atoms with Gasteiger partial charge in [-0.15, -0.1) is 0 Å². The summed E-state index contributed by atoms with van der Waals surface area (Å²) in [6.07, 6.45) is 4.09. The zero-order chi connectivity index (χ0) is 26.6. The summed E-state index contributed by atoms with van der Waals surface area (Å²) in [5.41, 5.74) is 0.238. The highest BCUT2D eigenvalue weighted by atomic mass is 32.2. The first-order chi connectivity index (χ1) is 17.8. The molecular formula is C28H29N3O5S. The van der Waals surface area contributed by atoms with Gasteiger partial charge in [-0.2, -0.15) is 4.98 Å². The first-order valence-corrected chi connectivity index (χ1v) is 13.7. The van der Waals surface area contributed by atoms with Gasteiger partial charge in [0.25, 0.3) is 11.1 Å². The minimum absolute atomic E-state index is 0.185. The Morgan fingerprint density at radius 3 is 2.22 bits per heavy atom. The van der Waals surface area contributed by atoms with Gasteiger partial charge in [0.15, 0.2) is 4.90 Å². The van der Waals surface area contributed by atoms with E-state index in [0.717, 1.165) is 18.4 Å². The number of unbranched alkanes of at least 4 members (excludes halogenated alkanes) is 1. The SMILES string of the molecule is CCCCc1nc(O)c(S(=O)(=O)c2ccc(-n3ccccc3=O)cc2)c(=O)n1C(CC)c1ccccc1. The number of sulfone groups is 1. The molecule has 9 heteroatoms. The van der Waals surface area contributed by atoms with Crippen LogP contribution < -0.4 is 11.1 Å². The Balaban J connectivity index is 1.87. The number of aryl methyl sites for hydroxylation is 1. The fourth-order valence-corrected chi connectivity index (χ4v) is 5.75. The van der Waals surface area contributed by atoms with E-state index in [1.807, 2.05) is 44.2 Å². The number of aromatic hydroxyl groups is 1. The lowest BCUT2D eigenvalue weighted by Crippen LogP contribution is -2.33. The van der Waals surface area contributed by atoms with E-state index in [1.165, 1.54) is 39.5 Å². The average Bonchev–Trinajstić information content (AvgIpc) is 2.90. The number of aromatic nitrogens is 3. The summed E-state index contributed by atoms with van der Waals surface area (Å²) in [6, 6.07) is 19.2. The molecule has 1 N–H and O–H groups in total. The van der Waals surface area contributed by atoms with Crippen LogP contribution in [0.25, 0.3) is 5.69 Å². The summed E-state index contributed by atoms with van der Waals surface area (Å²) < 4.78 is 30.1. The van der Waals surface area contributed by atoms with Crippen molar-refractivity contribution in [2.45, 2.75) is 55.4 Å². The number of benzene rings is 2. The van der Waals surface area contributed by atoms with Crippen molar-refractivity contribution in [1.82, 2.24) is 14.1 Å². The van der Waals surface area contributed by atoms with E-state index in [0.29, 0.717) is 24.4 Å². The van der Waals surface area contributed by atoms with Gasteiger partial charge in [0.05, 0.1) is 10.9 Å². The molecule has 0 aliphatic heterocycles. The van der Waals surface area contributed by atoms with Gasteiger partial charge in [0, 0.05) is 24.4 Å². The molecule has 0 fully saturated rings. The monoisotopic (exact) mass is 519 g/mol. The minimum atomic E-state index is -4.43. The molecule has 2 aromatic carbocycles. The van der Waals surface area contributed by atoms with Crippen LogP contribution in [0.1, 0.15) is 50.5 Å². The van der Waals surface area contributed by atoms with Crippen molar-refractivity contribution < 1.29 is 13.5 Å². The van der Waals surface area contributed by atoms with Crippen LogP contribution in [0.15, 0.2) is 98.4 Å². The van der Waals surface area contributed by atoms with Crippen LogP contribution in [0, 0.1) is 0 Å². The molecule has 2 heterocycles. The molecule has 2 aromatic heterocycles. The first-order valence-electron chi connectivity index (χ1n) is 12.2. The third-order valence-electron chi connectivity index (χ3n) is 6.28. The molecule has 4 rings (SSSR count). The van der Waals surface area contributed by atoms with E-state index in [-0.39, 0.29) is 10.5 Å². The summed E-state index contributed by atoms with van der Waals surface area (Å²) >= 11 is 0. The van der Waals surface area contributed by atoms with Crippen LogP contribution in [-0.4, -0.2) is 27.6 Å². The largest absolute Gasteiger partial charge is 0.492 e. The third-order valence-corrected chi connectivity index (χ3v) is 8.07. The smallest absolute Gasteiger partial charge is 0.277 e. The molecule has 0 amide bonds. The zero-order valence-corrected chi connectivity index (χ0v) is 21.6. The lowest BCUT2D eigenvalue weighted by molar-refractivity contribution is 0.406. The van der Waals surface area contributed by atoms with Crippen molar-refractivity contribution in [1.29, 1.82) is 0 Å². The Morgan fingerprint density at radius 2 is 1.59 bits per heavy atom. The van der Waals surface area contributed by atoms with Crippen molar-refractivity contribution in [3.05, 3.63) is 111 Å². The van der Waals surface area contributed by atoms with E-state index in [2.05, 4.69) is 4.98 Å². The highest BCUT2D eigenvalue weighted by molar-refractivity contribution is 7.91. The third kappa shape index (κ3) is 5.13. The van der Waals surface area contributed by atoms with Gasteiger partial charge in [0.2, 0.25) is 15.7 Å².